The molecule has 0 spiro atoms. The molecule has 1 rings (SSSR count). The van der Waals surface area contributed by atoms with E-state index in [0.29, 0.717) is 4.73 Å². The van der Waals surface area contributed by atoms with Gasteiger partial charge in [0.1, 0.15) is 11.6 Å². The molecule has 0 saturated carbocycles. The average Bonchev–Trinajstić information content (AvgIpc) is 2.65. The molecular formula is C14H22N2O6. The van der Waals surface area contributed by atoms with E-state index in [0.717, 1.165) is 12.1 Å². The van der Waals surface area contributed by atoms with Crippen molar-refractivity contribution in [1.29, 1.82) is 0 Å². The van der Waals surface area contributed by atoms with E-state index < -0.39 is 35.5 Å². The first-order valence-electron chi connectivity index (χ1n) is 6.82. The number of amides is 1. The van der Waals surface area contributed by atoms with Gasteiger partial charge in [-0.25, -0.2) is 9.59 Å². The van der Waals surface area contributed by atoms with Gasteiger partial charge in [0.15, 0.2) is 0 Å². The predicted octanol–water partition coefficient (Wildman–Crippen LogP) is 1.40. The Morgan fingerprint density at radius 2 is 1.68 bits per heavy atom. The van der Waals surface area contributed by atoms with Gasteiger partial charge < -0.3 is 25.1 Å². The van der Waals surface area contributed by atoms with Gasteiger partial charge >= 0.3 is 12.1 Å². The zero-order valence-corrected chi connectivity index (χ0v) is 13.3. The lowest BCUT2D eigenvalue weighted by Gasteiger charge is -2.24. The maximum atomic E-state index is 12.1. The van der Waals surface area contributed by atoms with Gasteiger partial charge in [-0.3, -0.25) is 0 Å². The summed E-state index contributed by atoms with van der Waals surface area (Å²) >= 11 is 0. The number of alkyl carbamates (subject to hydrolysis) is 1. The normalized spacial score (nSPS) is 12.8. The Morgan fingerprint density at radius 1 is 1.18 bits per heavy atom. The van der Waals surface area contributed by atoms with E-state index in [1.807, 2.05) is 0 Å². The number of carbonyl (C=O) groups excluding carboxylic acids is 2. The molecule has 1 aromatic rings. The van der Waals surface area contributed by atoms with E-state index >= 15 is 0 Å². The summed E-state index contributed by atoms with van der Waals surface area (Å²) in [5.41, 5.74) is -0.702. The van der Waals surface area contributed by atoms with E-state index in [1.54, 1.807) is 34.6 Å². The fourth-order valence-electron chi connectivity index (χ4n) is 1.57. The molecule has 0 bridgehead atoms. The molecule has 124 valence electrons. The zero-order valence-electron chi connectivity index (χ0n) is 13.3. The molecule has 1 atom stereocenters. The van der Waals surface area contributed by atoms with Gasteiger partial charge in [-0.1, -0.05) is 13.8 Å². The number of aromatic nitrogens is 1. The maximum Gasteiger partial charge on any atom is 0.408 e. The Morgan fingerprint density at radius 3 is 2.09 bits per heavy atom. The third-order valence-corrected chi connectivity index (χ3v) is 2.57. The molecule has 8 heteroatoms. The topological polar surface area (TPSA) is 110 Å². The van der Waals surface area contributed by atoms with Crippen molar-refractivity contribution in [3.63, 3.8) is 0 Å². The SMILES string of the molecule is CC(C)[C@H](NC(=O)OC(C)(C)C)C(=O)On1c(O)ccc1O. The average molecular weight is 314 g/mol. The second-order valence-electron chi connectivity index (χ2n) is 6.12. The highest BCUT2D eigenvalue weighted by Crippen LogP contribution is 2.19. The molecular weight excluding hydrogens is 292 g/mol. The summed E-state index contributed by atoms with van der Waals surface area (Å²) in [7, 11) is 0. The van der Waals surface area contributed by atoms with Crippen LogP contribution in [0.5, 0.6) is 11.8 Å². The molecule has 22 heavy (non-hydrogen) atoms. The Kier molecular flexibility index (Phi) is 5.29. The molecule has 1 aromatic heterocycles. The molecule has 0 radical (unpaired) electrons. The van der Waals surface area contributed by atoms with Gasteiger partial charge in [0.2, 0.25) is 11.8 Å². The van der Waals surface area contributed by atoms with Crippen LogP contribution in [0.4, 0.5) is 4.79 Å². The number of hydrogen-bond acceptors (Lipinski definition) is 6. The monoisotopic (exact) mass is 314 g/mol. The summed E-state index contributed by atoms with van der Waals surface area (Å²) in [4.78, 5) is 28.8. The van der Waals surface area contributed by atoms with Crippen molar-refractivity contribution in [1.82, 2.24) is 10.0 Å². The number of aromatic hydroxyl groups is 2. The fourth-order valence-corrected chi connectivity index (χ4v) is 1.57. The van der Waals surface area contributed by atoms with Gasteiger partial charge in [-0.2, -0.15) is 0 Å². The highest BCUT2D eigenvalue weighted by atomic mass is 16.7. The molecule has 0 fully saturated rings. The van der Waals surface area contributed by atoms with E-state index in [1.165, 1.54) is 0 Å². The number of carbonyl (C=O) groups is 2. The minimum absolute atomic E-state index is 0.292. The predicted molar refractivity (Wildman–Crippen MR) is 77.3 cm³/mol. The van der Waals surface area contributed by atoms with Crippen LogP contribution in [0.15, 0.2) is 12.1 Å². The summed E-state index contributed by atoms with van der Waals surface area (Å²) in [6.07, 6.45) is -0.760. The first kappa shape index (κ1) is 17.7. The van der Waals surface area contributed by atoms with Crippen LogP contribution in [0.2, 0.25) is 0 Å². The van der Waals surface area contributed by atoms with E-state index in [-0.39, 0.29) is 5.92 Å². The Balaban J connectivity index is 2.79. The molecule has 0 saturated heterocycles. The van der Waals surface area contributed by atoms with Crippen LogP contribution in [0, 0.1) is 5.92 Å². The van der Waals surface area contributed by atoms with E-state index in [2.05, 4.69) is 5.32 Å². The van der Waals surface area contributed by atoms with Crippen molar-refractivity contribution in [3.8, 4) is 11.8 Å². The lowest BCUT2D eigenvalue weighted by atomic mass is 10.1. The highest BCUT2D eigenvalue weighted by Gasteiger charge is 2.29. The summed E-state index contributed by atoms with van der Waals surface area (Å²) in [5, 5.41) is 21.3. The lowest BCUT2D eigenvalue weighted by molar-refractivity contribution is -0.149. The van der Waals surface area contributed by atoms with Crippen LogP contribution in [-0.2, 0) is 9.53 Å². The van der Waals surface area contributed by atoms with Crippen molar-refractivity contribution >= 4 is 12.1 Å². The second kappa shape index (κ2) is 6.59. The van der Waals surface area contributed by atoms with Gasteiger partial charge in [0.25, 0.3) is 0 Å². The minimum atomic E-state index is -1.00. The number of rotatable bonds is 4. The molecule has 1 amide bonds. The maximum absolute atomic E-state index is 12.1. The smallest absolute Gasteiger partial charge is 0.408 e. The summed E-state index contributed by atoms with van der Waals surface area (Å²) in [6.45, 7) is 8.51. The van der Waals surface area contributed by atoms with Gasteiger partial charge in [0.05, 0.1) is 0 Å². The quantitative estimate of drug-likeness (QED) is 0.775. The van der Waals surface area contributed by atoms with E-state index in [4.69, 9.17) is 9.57 Å². The van der Waals surface area contributed by atoms with Crippen LogP contribution < -0.4 is 10.2 Å². The molecule has 0 aliphatic carbocycles. The van der Waals surface area contributed by atoms with E-state index in [9.17, 15) is 19.8 Å². The van der Waals surface area contributed by atoms with Crippen LogP contribution in [0.1, 0.15) is 34.6 Å². The first-order valence-corrected chi connectivity index (χ1v) is 6.82. The van der Waals surface area contributed by atoms with Crippen LogP contribution in [0.25, 0.3) is 0 Å². The summed E-state index contributed by atoms with van der Waals surface area (Å²) in [6, 6.07) is 1.32. The first-order chi connectivity index (χ1) is 10.0. The molecule has 3 N–H and O–H groups in total. The number of nitrogens with zero attached hydrogens (tertiary/aromatic N) is 1. The third-order valence-electron chi connectivity index (χ3n) is 2.57. The lowest BCUT2D eigenvalue weighted by Crippen LogP contribution is -2.49. The molecule has 0 unspecified atom stereocenters. The number of ether oxygens (including phenoxy) is 1. The van der Waals surface area contributed by atoms with Crippen molar-refractivity contribution in [2.24, 2.45) is 5.92 Å². The van der Waals surface area contributed by atoms with Crippen LogP contribution in [0.3, 0.4) is 0 Å². The summed E-state index contributed by atoms with van der Waals surface area (Å²) < 4.78 is 5.65. The van der Waals surface area contributed by atoms with Crippen molar-refractivity contribution in [3.05, 3.63) is 12.1 Å². The zero-order chi connectivity index (χ0) is 17.1. The highest BCUT2D eigenvalue weighted by molar-refractivity contribution is 5.82. The molecule has 0 aliphatic rings. The Hall–Kier alpha value is -2.38. The Labute approximate surface area is 128 Å². The van der Waals surface area contributed by atoms with Gasteiger partial charge in [0, 0.05) is 12.1 Å². The van der Waals surface area contributed by atoms with Crippen LogP contribution in [-0.4, -0.2) is 38.6 Å². The standard InChI is InChI=1S/C14H22N2O6/c1-8(2)11(15-13(20)21-14(3,4)5)12(19)22-16-9(17)6-7-10(16)18/h6-8,11,17-18H,1-5H3,(H,15,20)/t11-/m0/s1. The number of hydrogen-bond donors (Lipinski definition) is 3. The number of nitrogens with one attached hydrogen (secondary N) is 1. The largest absolute Gasteiger partial charge is 0.492 e. The van der Waals surface area contributed by atoms with Crippen molar-refractivity contribution < 1.29 is 29.4 Å². The molecule has 1 heterocycles. The molecule has 0 aliphatic heterocycles. The molecule has 0 aromatic carbocycles. The third kappa shape index (κ3) is 4.87. The molecule has 8 nitrogen and oxygen atoms in total. The minimum Gasteiger partial charge on any atom is -0.492 e. The Bertz CT molecular complexity index is 525. The van der Waals surface area contributed by atoms with Crippen molar-refractivity contribution in [2.45, 2.75) is 46.3 Å². The fraction of sp³-hybridized carbons (Fsp3) is 0.571. The van der Waals surface area contributed by atoms with Gasteiger partial charge in [-0.05, 0) is 26.7 Å². The van der Waals surface area contributed by atoms with Crippen LogP contribution >= 0.6 is 0 Å². The summed E-state index contributed by atoms with van der Waals surface area (Å²) in [5.74, 6) is -2.02. The van der Waals surface area contributed by atoms with Gasteiger partial charge in [-0.15, -0.1) is 4.73 Å². The second-order valence-corrected chi connectivity index (χ2v) is 6.12. The van der Waals surface area contributed by atoms with Crippen molar-refractivity contribution in [2.75, 3.05) is 0 Å².